The highest BCUT2D eigenvalue weighted by Crippen LogP contribution is 2.28. The van der Waals surface area contributed by atoms with Crippen LogP contribution < -0.4 is 4.74 Å². The van der Waals surface area contributed by atoms with Crippen molar-refractivity contribution in [3.05, 3.63) is 28.8 Å². The third-order valence-corrected chi connectivity index (χ3v) is 7.33. The van der Waals surface area contributed by atoms with Gasteiger partial charge in [0.2, 0.25) is 11.8 Å². The van der Waals surface area contributed by atoms with Gasteiger partial charge in [0.05, 0.1) is 12.7 Å². The lowest BCUT2D eigenvalue weighted by Gasteiger charge is -2.37. The first-order valence-corrected chi connectivity index (χ1v) is 12.1. The molecule has 3 amide bonds. The number of benzene rings is 1. The molecule has 3 heterocycles. The van der Waals surface area contributed by atoms with E-state index in [2.05, 4.69) is 0 Å². The summed E-state index contributed by atoms with van der Waals surface area (Å²) >= 11 is 6.07. The first kappa shape index (κ1) is 22.9. The fourth-order valence-electron chi connectivity index (χ4n) is 5.15. The van der Waals surface area contributed by atoms with Crippen LogP contribution in [0.2, 0.25) is 5.02 Å². The molecule has 0 aromatic heterocycles. The van der Waals surface area contributed by atoms with Crippen molar-refractivity contribution in [3.63, 3.8) is 0 Å². The number of halogens is 1. The molecule has 1 aromatic rings. The molecule has 0 N–H and O–H groups in total. The van der Waals surface area contributed by atoms with Crippen LogP contribution in [0.3, 0.4) is 0 Å². The minimum absolute atomic E-state index is 0.0595. The van der Waals surface area contributed by atoms with Crippen LogP contribution in [0.15, 0.2) is 18.2 Å². The molecule has 0 atom stereocenters. The Bertz CT molecular complexity index is 855. The number of carbonyl (C=O) groups excluding carboxylic acids is 3. The molecule has 0 spiro atoms. The monoisotopic (exact) mass is 461 g/mol. The topological polar surface area (TPSA) is 70.2 Å². The normalized spacial score (nSPS) is 20.5. The van der Waals surface area contributed by atoms with Gasteiger partial charge in [0.15, 0.2) is 0 Å². The van der Waals surface area contributed by atoms with Gasteiger partial charge in [-0.05, 0) is 56.7 Å². The molecule has 4 rings (SSSR count). The predicted molar refractivity (Wildman–Crippen MR) is 122 cm³/mol. The van der Waals surface area contributed by atoms with Gasteiger partial charge >= 0.3 is 0 Å². The third kappa shape index (κ3) is 4.87. The Kier molecular flexibility index (Phi) is 7.23. The number of hydrogen-bond donors (Lipinski definition) is 0. The third-order valence-electron chi connectivity index (χ3n) is 7.10. The van der Waals surface area contributed by atoms with E-state index in [4.69, 9.17) is 16.3 Å². The molecular weight excluding hydrogens is 430 g/mol. The molecule has 0 unspecified atom stereocenters. The summed E-state index contributed by atoms with van der Waals surface area (Å²) < 4.78 is 5.31. The van der Waals surface area contributed by atoms with Gasteiger partial charge in [-0.1, -0.05) is 11.6 Å². The molecule has 1 aromatic carbocycles. The number of hydrogen-bond acceptors (Lipinski definition) is 4. The van der Waals surface area contributed by atoms with E-state index in [1.807, 2.05) is 9.80 Å². The Balaban J connectivity index is 1.27. The molecule has 3 aliphatic rings. The average molecular weight is 462 g/mol. The van der Waals surface area contributed by atoms with Crippen LogP contribution in [-0.4, -0.2) is 78.8 Å². The first-order chi connectivity index (χ1) is 15.5. The van der Waals surface area contributed by atoms with E-state index in [1.54, 1.807) is 23.1 Å². The van der Waals surface area contributed by atoms with Crippen molar-refractivity contribution in [2.75, 3.05) is 46.4 Å². The molecule has 0 aliphatic carbocycles. The van der Waals surface area contributed by atoms with Crippen LogP contribution in [0.5, 0.6) is 5.75 Å². The second kappa shape index (κ2) is 10.1. The largest absolute Gasteiger partial charge is 0.496 e. The highest BCUT2D eigenvalue weighted by atomic mass is 35.5. The first-order valence-electron chi connectivity index (χ1n) is 11.7. The fraction of sp³-hybridized carbons (Fsp3) is 0.625. The summed E-state index contributed by atoms with van der Waals surface area (Å²) in [5.41, 5.74) is 0.453. The molecule has 3 aliphatic heterocycles. The van der Waals surface area contributed by atoms with Crippen LogP contribution >= 0.6 is 11.6 Å². The molecule has 3 fully saturated rings. The van der Waals surface area contributed by atoms with Crippen molar-refractivity contribution in [2.45, 2.75) is 38.5 Å². The maximum atomic E-state index is 13.1. The number of rotatable bonds is 4. The molecule has 0 saturated carbocycles. The zero-order chi connectivity index (χ0) is 22.7. The number of likely N-dealkylation sites (tertiary alicyclic amines) is 3. The molecule has 32 heavy (non-hydrogen) atoms. The van der Waals surface area contributed by atoms with Gasteiger partial charge in [0, 0.05) is 56.1 Å². The number of amides is 3. The second-order valence-corrected chi connectivity index (χ2v) is 9.48. The minimum Gasteiger partial charge on any atom is -0.496 e. The number of piperidine rings is 2. The zero-order valence-electron chi connectivity index (χ0n) is 18.7. The molecule has 7 nitrogen and oxygen atoms in total. The van der Waals surface area contributed by atoms with Crippen LogP contribution in [0.1, 0.15) is 48.9 Å². The quantitative estimate of drug-likeness (QED) is 0.691. The Morgan fingerprint density at radius 2 is 1.31 bits per heavy atom. The van der Waals surface area contributed by atoms with Crippen molar-refractivity contribution in [3.8, 4) is 5.75 Å². The molecule has 174 valence electrons. The van der Waals surface area contributed by atoms with Crippen molar-refractivity contribution < 1.29 is 19.1 Å². The lowest BCUT2D eigenvalue weighted by molar-refractivity contribution is -0.142. The van der Waals surface area contributed by atoms with Crippen LogP contribution in [-0.2, 0) is 9.59 Å². The van der Waals surface area contributed by atoms with Gasteiger partial charge in [-0.2, -0.15) is 0 Å². The Morgan fingerprint density at radius 3 is 1.84 bits per heavy atom. The van der Waals surface area contributed by atoms with Crippen molar-refractivity contribution in [1.82, 2.24) is 14.7 Å². The van der Waals surface area contributed by atoms with E-state index in [1.165, 1.54) is 7.11 Å². The van der Waals surface area contributed by atoms with Crippen molar-refractivity contribution >= 4 is 29.3 Å². The maximum absolute atomic E-state index is 13.1. The van der Waals surface area contributed by atoms with Crippen molar-refractivity contribution in [1.29, 1.82) is 0 Å². The summed E-state index contributed by atoms with van der Waals surface area (Å²) in [6.45, 7) is 4.15. The number of ether oxygens (including phenoxy) is 1. The summed E-state index contributed by atoms with van der Waals surface area (Å²) in [7, 11) is 1.53. The summed E-state index contributed by atoms with van der Waals surface area (Å²) in [6.07, 6.45) is 5.03. The van der Waals surface area contributed by atoms with E-state index >= 15 is 0 Å². The lowest BCUT2D eigenvalue weighted by Crippen LogP contribution is -2.48. The van der Waals surface area contributed by atoms with Gasteiger partial charge in [-0.15, -0.1) is 0 Å². The molecule has 8 heteroatoms. The number of carbonyl (C=O) groups is 3. The second-order valence-electron chi connectivity index (χ2n) is 9.04. The predicted octanol–water partition coefficient (Wildman–Crippen LogP) is 3.06. The fourth-order valence-corrected chi connectivity index (χ4v) is 5.32. The average Bonchev–Trinajstić information content (AvgIpc) is 3.38. The number of methoxy groups -OCH3 is 1. The molecule has 3 saturated heterocycles. The highest BCUT2D eigenvalue weighted by molar-refractivity contribution is 6.31. The maximum Gasteiger partial charge on any atom is 0.257 e. The van der Waals surface area contributed by atoms with Crippen LogP contribution in [0.4, 0.5) is 0 Å². The van der Waals surface area contributed by atoms with Crippen LogP contribution in [0.25, 0.3) is 0 Å². The van der Waals surface area contributed by atoms with E-state index in [9.17, 15) is 14.4 Å². The lowest BCUT2D eigenvalue weighted by atomic mass is 9.91. The van der Waals surface area contributed by atoms with Gasteiger partial charge in [-0.3, -0.25) is 14.4 Å². The van der Waals surface area contributed by atoms with E-state index < -0.39 is 0 Å². The standard InChI is InChI=1S/C24H32ClN3O4/c1-32-21-5-4-19(25)16-20(21)24(31)28-14-8-18(9-15-28)23(30)27-12-6-17(7-13-27)22(29)26-10-2-3-11-26/h4-5,16-18H,2-3,6-15H2,1H3. The minimum atomic E-state index is -0.114. The molecule has 0 radical (unpaired) electrons. The number of nitrogens with zero attached hydrogens (tertiary/aromatic N) is 3. The zero-order valence-corrected chi connectivity index (χ0v) is 19.5. The Labute approximate surface area is 194 Å². The molecule has 0 bridgehead atoms. The molecular formula is C24H32ClN3O4. The Morgan fingerprint density at radius 1 is 0.812 bits per heavy atom. The summed E-state index contributed by atoms with van der Waals surface area (Å²) in [4.78, 5) is 44.4. The smallest absolute Gasteiger partial charge is 0.257 e. The van der Waals surface area contributed by atoms with Crippen molar-refractivity contribution in [2.24, 2.45) is 11.8 Å². The summed E-state index contributed by atoms with van der Waals surface area (Å²) in [6, 6.07) is 5.03. The van der Waals surface area contributed by atoms with Crippen LogP contribution in [0, 0.1) is 11.8 Å². The van der Waals surface area contributed by atoms with Gasteiger partial charge in [-0.25, -0.2) is 0 Å². The highest BCUT2D eigenvalue weighted by Gasteiger charge is 2.35. The van der Waals surface area contributed by atoms with Gasteiger partial charge in [0.25, 0.3) is 5.91 Å². The van der Waals surface area contributed by atoms with E-state index in [0.29, 0.717) is 55.4 Å². The van der Waals surface area contributed by atoms with Gasteiger partial charge in [0.1, 0.15) is 5.75 Å². The van der Waals surface area contributed by atoms with Gasteiger partial charge < -0.3 is 19.4 Å². The van der Waals surface area contributed by atoms with E-state index in [0.717, 1.165) is 38.8 Å². The van der Waals surface area contributed by atoms with E-state index in [-0.39, 0.29) is 29.6 Å². The summed E-state index contributed by atoms with van der Waals surface area (Å²) in [5.74, 6) is 0.832. The Hall–Kier alpha value is -2.28. The SMILES string of the molecule is COc1ccc(Cl)cc1C(=O)N1CCC(C(=O)N2CCC(C(=O)N3CCCC3)CC2)CC1. The summed E-state index contributed by atoms with van der Waals surface area (Å²) in [5, 5.41) is 0.492.